The van der Waals surface area contributed by atoms with E-state index in [1.807, 2.05) is 19.1 Å². The normalized spacial score (nSPS) is 20.5. The zero-order valence-corrected chi connectivity index (χ0v) is 19.0. The summed E-state index contributed by atoms with van der Waals surface area (Å²) >= 11 is 0. The van der Waals surface area contributed by atoms with E-state index in [1.165, 1.54) is 23.8 Å². The van der Waals surface area contributed by atoms with Gasteiger partial charge in [-0.3, -0.25) is 4.79 Å². The summed E-state index contributed by atoms with van der Waals surface area (Å²) in [7, 11) is 0. The van der Waals surface area contributed by atoms with Gasteiger partial charge in [0.25, 0.3) is 0 Å². The van der Waals surface area contributed by atoms with E-state index in [1.54, 1.807) is 0 Å². The fourth-order valence-corrected chi connectivity index (χ4v) is 4.64. The van der Waals surface area contributed by atoms with Crippen LogP contribution in [0.5, 0.6) is 0 Å². The van der Waals surface area contributed by atoms with Crippen LogP contribution in [0.3, 0.4) is 0 Å². The van der Waals surface area contributed by atoms with Gasteiger partial charge in [0, 0.05) is 30.2 Å². The third-order valence-corrected chi connectivity index (χ3v) is 6.38. The van der Waals surface area contributed by atoms with Gasteiger partial charge in [0.2, 0.25) is 11.8 Å². The highest BCUT2D eigenvalue weighted by Gasteiger charge is 2.37. The monoisotopic (exact) mass is 474 g/mol. The van der Waals surface area contributed by atoms with Gasteiger partial charge in [-0.05, 0) is 68.4 Å². The molecule has 2 aromatic rings. The van der Waals surface area contributed by atoms with Crippen molar-refractivity contribution in [2.75, 3.05) is 16.8 Å². The third kappa shape index (κ3) is 4.93. The maximum atomic E-state index is 14.0. The van der Waals surface area contributed by atoms with Crippen molar-refractivity contribution in [3.8, 4) is 0 Å². The van der Waals surface area contributed by atoms with Gasteiger partial charge < -0.3 is 14.8 Å². The minimum absolute atomic E-state index is 0.0142. The van der Waals surface area contributed by atoms with Crippen LogP contribution in [0.4, 0.5) is 34.9 Å². The van der Waals surface area contributed by atoms with Gasteiger partial charge >= 0.3 is 5.56 Å². The second-order valence-electron chi connectivity index (χ2n) is 8.95. The lowest BCUT2D eigenvalue weighted by atomic mass is 10.1. The molecule has 2 fully saturated rings. The molecule has 0 amide bonds. The van der Waals surface area contributed by atoms with Crippen LogP contribution in [0.2, 0.25) is 0 Å². The highest BCUT2D eigenvalue weighted by molar-refractivity contribution is 5.66. The van der Waals surface area contributed by atoms with Crippen LogP contribution in [-0.4, -0.2) is 22.1 Å². The lowest BCUT2D eigenvalue weighted by Gasteiger charge is -2.30. The number of fused-ring (bicyclic) bond motifs is 2. The van der Waals surface area contributed by atoms with Crippen molar-refractivity contribution in [3.63, 3.8) is 0 Å². The van der Waals surface area contributed by atoms with Crippen LogP contribution < -0.4 is 15.8 Å². The molecule has 2 aliphatic rings. The quantitative estimate of drug-likeness (QED) is 0.395. The minimum Gasteiger partial charge on any atom is -0.368 e. The number of nitrogens with one attached hydrogen (secondary N) is 1. The van der Waals surface area contributed by atoms with Crippen molar-refractivity contribution in [1.82, 2.24) is 9.55 Å². The molecular weight excluding hydrogens is 448 g/mol. The maximum absolute atomic E-state index is 14.0. The van der Waals surface area contributed by atoms with Gasteiger partial charge in [-0.25, -0.2) is 13.2 Å². The Labute approximate surface area is 195 Å². The summed E-state index contributed by atoms with van der Waals surface area (Å²) in [6, 6.07) is 6.50. The Morgan fingerprint density at radius 2 is 2.06 bits per heavy atom. The Morgan fingerprint density at radius 1 is 1.29 bits per heavy atom. The molecule has 0 radical (unpaired) electrons. The number of allylic oxidation sites excluding steroid dienone is 5. The molecule has 180 valence electrons. The average Bonchev–Trinajstić information content (AvgIpc) is 3.41. The van der Waals surface area contributed by atoms with E-state index in [9.17, 15) is 22.4 Å². The summed E-state index contributed by atoms with van der Waals surface area (Å²) in [5, 5.41) is 3.08. The molecule has 2 atom stereocenters. The van der Waals surface area contributed by atoms with Crippen molar-refractivity contribution in [3.05, 3.63) is 81.8 Å². The second kappa shape index (κ2) is 9.48. The Kier molecular flexibility index (Phi) is 6.63. The molecule has 2 heterocycles. The Balaban J connectivity index is 1.61. The topological polar surface area (TPSA) is 50.2 Å². The first-order valence-electron chi connectivity index (χ1n) is 11.1. The largest absolute Gasteiger partial charge is 0.368 e. The molecule has 2 bridgehead atoms. The standard InChI is InChI=1S/C25H26F4N4O/c1-14(8-20(27)23(29)16(3)26)11-32-13-21(28)24(34)31-25(32)30-22-10-19(6-4-15(22)2)33-12-17-5-7-18(33)9-17/h4,6,8,10,13,17-18H,1,5,7,9,11-12H2,2-3H3,(H,30,31,34)/b20-8+,23-16-. The molecule has 2 unspecified atom stereocenters. The van der Waals surface area contributed by atoms with Crippen molar-refractivity contribution < 1.29 is 17.6 Å². The predicted molar refractivity (Wildman–Crippen MR) is 125 cm³/mol. The molecule has 1 aromatic carbocycles. The van der Waals surface area contributed by atoms with Gasteiger partial charge in [-0.1, -0.05) is 12.6 Å². The molecule has 1 aliphatic carbocycles. The number of aromatic nitrogens is 2. The van der Waals surface area contributed by atoms with Crippen LogP contribution in [0.1, 0.15) is 31.7 Å². The molecule has 5 nitrogen and oxygen atoms in total. The number of anilines is 3. The summed E-state index contributed by atoms with van der Waals surface area (Å²) in [6.45, 7) is 7.10. The average molecular weight is 475 g/mol. The third-order valence-electron chi connectivity index (χ3n) is 6.38. The molecule has 1 aromatic heterocycles. The zero-order valence-electron chi connectivity index (χ0n) is 19.0. The number of hydrogen-bond acceptors (Lipinski definition) is 4. The van der Waals surface area contributed by atoms with Crippen LogP contribution in [-0.2, 0) is 6.54 Å². The summed E-state index contributed by atoms with van der Waals surface area (Å²) in [5.41, 5.74) is 1.57. The number of halogens is 4. The fraction of sp³-hybridized carbons (Fsp3) is 0.360. The van der Waals surface area contributed by atoms with Gasteiger partial charge in [0.05, 0.1) is 6.54 Å². The van der Waals surface area contributed by atoms with Crippen LogP contribution in [0, 0.1) is 18.7 Å². The van der Waals surface area contributed by atoms with Crippen LogP contribution in [0.25, 0.3) is 0 Å². The van der Waals surface area contributed by atoms with E-state index in [4.69, 9.17) is 0 Å². The first-order chi connectivity index (χ1) is 16.1. The highest BCUT2D eigenvalue weighted by atomic mass is 19.2. The molecule has 1 N–H and O–H groups in total. The number of piperidine rings is 1. The smallest absolute Gasteiger partial charge is 0.310 e. The lowest BCUT2D eigenvalue weighted by molar-refractivity contribution is 0.493. The van der Waals surface area contributed by atoms with Gasteiger partial charge in [0.15, 0.2) is 11.7 Å². The van der Waals surface area contributed by atoms with E-state index in [-0.39, 0.29) is 18.1 Å². The van der Waals surface area contributed by atoms with Crippen molar-refractivity contribution in [1.29, 1.82) is 0 Å². The molecular formula is C25H26F4N4O. The van der Waals surface area contributed by atoms with E-state index in [2.05, 4.69) is 27.8 Å². The second-order valence-corrected chi connectivity index (χ2v) is 8.95. The molecule has 1 aliphatic heterocycles. The van der Waals surface area contributed by atoms with Crippen molar-refractivity contribution >= 4 is 17.3 Å². The van der Waals surface area contributed by atoms with E-state index in [0.29, 0.717) is 23.7 Å². The first kappa shape index (κ1) is 23.8. The molecule has 1 saturated heterocycles. The fourth-order valence-electron chi connectivity index (χ4n) is 4.64. The van der Waals surface area contributed by atoms with E-state index < -0.39 is 28.9 Å². The van der Waals surface area contributed by atoms with E-state index >= 15 is 0 Å². The molecule has 34 heavy (non-hydrogen) atoms. The molecule has 4 rings (SSSR count). The van der Waals surface area contributed by atoms with Crippen molar-refractivity contribution in [2.45, 2.75) is 45.7 Å². The minimum atomic E-state index is -1.63. The first-order valence-corrected chi connectivity index (χ1v) is 11.1. The number of rotatable bonds is 7. The SMILES string of the molecule is C=C(/C=C(F)\C(F)=C(/C)F)Cn1cc(F)c(=O)nc1Nc1cc(N2CC3CCC2C3)ccc1C. The number of nitrogens with zero attached hydrogens (tertiary/aromatic N) is 3. The summed E-state index contributed by atoms with van der Waals surface area (Å²) in [4.78, 5) is 18.1. The predicted octanol–water partition coefficient (Wildman–Crippen LogP) is 6.00. The highest BCUT2D eigenvalue weighted by Crippen LogP contribution is 2.41. The van der Waals surface area contributed by atoms with Gasteiger partial charge in [-0.15, -0.1) is 0 Å². The summed E-state index contributed by atoms with van der Waals surface area (Å²) in [5.74, 6) is -4.74. The van der Waals surface area contributed by atoms with E-state index in [0.717, 1.165) is 30.9 Å². The Morgan fingerprint density at radius 3 is 2.71 bits per heavy atom. The molecule has 9 heteroatoms. The molecule has 0 spiro atoms. The van der Waals surface area contributed by atoms with Gasteiger partial charge in [0.1, 0.15) is 5.83 Å². The Bertz CT molecular complexity index is 1250. The van der Waals surface area contributed by atoms with Crippen LogP contribution in [0.15, 0.2) is 64.9 Å². The maximum Gasteiger partial charge on any atom is 0.310 e. The summed E-state index contributed by atoms with van der Waals surface area (Å²) in [6.07, 6.45) is 5.25. The number of aryl methyl sites for hydroxylation is 1. The Hall–Kier alpha value is -3.36. The van der Waals surface area contributed by atoms with Crippen LogP contribution >= 0.6 is 0 Å². The molecule has 1 saturated carbocycles. The number of hydrogen-bond donors (Lipinski definition) is 1. The summed E-state index contributed by atoms with van der Waals surface area (Å²) < 4.78 is 55.5. The zero-order chi connectivity index (χ0) is 24.6. The van der Waals surface area contributed by atoms with Crippen molar-refractivity contribution in [2.24, 2.45) is 5.92 Å². The lowest BCUT2D eigenvalue weighted by Crippen LogP contribution is -2.31. The van der Waals surface area contributed by atoms with Gasteiger partial charge in [-0.2, -0.15) is 9.37 Å². The number of benzene rings is 1.